The monoisotopic (exact) mass is 241 g/mol. The van der Waals surface area contributed by atoms with E-state index in [-0.39, 0.29) is 12.0 Å². The van der Waals surface area contributed by atoms with Crippen LogP contribution in [0.3, 0.4) is 0 Å². The van der Waals surface area contributed by atoms with Crippen molar-refractivity contribution in [3.63, 3.8) is 0 Å². The smallest absolute Gasteiger partial charge is 0.228 e. The fraction of sp³-hybridized carbons (Fsp3) is 0.929. The zero-order valence-corrected chi connectivity index (χ0v) is 11.5. The maximum Gasteiger partial charge on any atom is 0.228 e. The van der Waals surface area contributed by atoms with Crippen LogP contribution in [0.5, 0.6) is 0 Å². The predicted molar refractivity (Wildman–Crippen MR) is 69.7 cm³/mol. The van der Waals surface area contributed by atoms with E-state index < -0.39 is 0 Å². The summed E-state index contributed by atoms with van der Waals surface area (Å²) in [5.41, 5.74) is -0.256. The lowest BCUT2D eigenvalue weighted by atomic mass is 9.94. The van der Waals surface area contributed by atoms with Gasteiger partial charge in [0.15, 0.2) is 0 Å². The lowest BCUT2D eigenvalue weighted by molar-refractivity contribution is -0.140. The molecule has 1 aliphatic rings. The number of aliphatic hydroxyl groups excluding tert-OH is 1. The minimum atomic E-state index is -0.256. The second-order valence-electron chi connectivity index (χ2n) is 6.12. The lowest BCUT2D eigenvalue weighted by Crippen LogP contribution is -2.41. The highest BCUT2D eigenvalue weighted by atomic mass is 16.2. The first kappa shape index (κ1) is 14.5. The maximum atomic E-state index is 12.3. The topological polar surface area (TPSA) is 40.5 Å². The Hall–Kier alpha value is -0.570. The molecule has 1 rings (SSSR count). The third-order valence-electron chi connectivity index (χ3n) is 3.20. The molecular formula is C14H27NO2. The van der Waals surface area contributed by atoms with Crippen molar-refractivity contribution in [2.24, 2.45) is 5.41 Å². The summed E-state index contributed by atoms with van der Waals surface area (Å²) in [6.07, 6.45) is 6.49. The van der Waals surface area contributed by atoms with Crippen LogP contribution in [-0.2, 0) is 4.79 Å². The van der Waals surface area contributed by atoms with Crippen molar-refractivity contribution in [2.45, 2.75) is 65.3 Å². The molecule has 0 aliphatic heterocycles. The largest absolute Gasteiger partial charge is 0.396 e. The molecule has 0 spiro atoms. The van der Waals surface area contributed by atoms with Gasteiger partial charge in [0.1, 0.15) is 0 Å². The number of amides is 1. The van der Waals surface area contributed by atoms with E-state index in [2.05, 4.69) is 4.90 Å². The molecule has 1 saturated carbocycles. The van der Waals surface area contributed by atoms with Gasteiger partial charge in [-0.25, -0.2) is 0 Å². The molecule has 0 aromatic heterocycles. The van der Waals surface area contributed by atoms with Gasteiger partial charge in [0.2, 0.25) is 5.91 Å². The van der Waals surface area contributed by atoms with Crippen LogP contribution in [0.2, 0.25) is 0 Å². The van der Waals surface area contributed by atoms with Crippen LogP contribution in [0.15, 0.2) is 0 Å². The van der Waals surface area contributed by atoms with Crippen molar-refractivity contribution < 1.29 is 9.90 Å². The molecule has 0 aromatic rings. The van der Waals surface area contributed by atoms with E-state index >= 15 is 0 Å². The van der Waals surface area contributed by atoms with Gasteiger partial charge in [0.05, 0.1) is 0 Å². The Morgan fingerprint density at radius 3 is 2.24 bits per heavy atom. The van der Waals surface area contributed by atoms with E-state index in [0.717, 1.165) is 32.2 Å². The van der Waals surface area contributed by atoms with Gasteiger partial charge >= 0.3 is 0 Å². The van der Waals surface area contributed by atoms with Gasteiger partial charge < -0.3 is 10.0 Å². The number of carbonyl (C=O) groups is 1. The minimum absolute atomic E-state index is 0.256. The van der Waals surface area contributed by atoms with Crippen molar-refractivity contribution in [1.29, 1.82) is 0 Å². The summed E-state index contributed by atoms with van der Waals surface area (Å²) in [6.45, 7) is 7.17. The zero-order valence-electron chi connectivity index (χ0n) is 11.5. The highest BCUT2D eigenvalue weighted by molar-refractivity contribution is 5.82. The van der Waals surface area contributed by atoms with E-state index in [9.17, 15) is 4.79 Å². The third-order valence-corrected chi connectivity index (χ3v) is 3.20. The Morgan fingerprint density at radius 2 is 1.76 bits per heavy atom. The number of unbranched alkanes of at least 4 members (excludes halogenated alkanes) is 3. The Kier molecular flexibility index (Phi) is 5.44. The van der Waals surface area contributed by atoms with Crippen LogP contribution < -0.4 is 0 Å². The quantitative estimate of drug-likeness (QED) is 0.696. The van der Waals surface area contributed by atoms with E-state index in [1.54, 1.807) is 0 Å². The second-order valence-corrected chi connectivity index (χ2v) is 6.12. The first-order valence-electron chi connectivity index (χ1n) is 6.88. The summed E-state index contributed by atoms with van der Waals surface area (Å²) in [5.74, 6) is 0.294. The second kappa shape index (κ2) is 6.39. The van der Waals surface area contributed by atoms with E-state index in [1.807, 2.05) is 20.8 Å². The first-order chi connectivity index (χ1) is 7.96. The number of carbonyl (C=O) groups excluding carboxylic acids is 1. The summed E-state index contributed by atoms with van der Waals surface area (Å²) in [4.78, 5) is 14.3. The van der Waals surface area contributed by atoms with Gasteiger partial charge in [0, 0.05) is 24.6 Å². The van der Waals surface area contributed by atoms with Crippen LogP contribution in [0.4, 0.5) is 0 Å². The summed E-state index contributed by atoms with van der Waals surface area (Å²) in [5, 5.41) is 8.70. The average Bonchev–Trinajstić information content (AvgIpc) is 3.05. The molecule has 0 heterocycles. The Morgan fingerprint density at radius 1 is 1.18 bits per heavy atom. The minimum Gasteiger partial charge on any atom is -0.396 e. The molecule has 1 N–H and O–H groups in total. The van der Waals surface area contributed by atoms with E-state index in [4.69, 9.17) is 5.11 Å². The fourth-order valence-corrected chi connectivity index (χ4v) is 2.01. The van der Waals surface area contributed by atoms with Crippen LogP contribution in [0, 0.1) is 5.41 Å². The molecule has 3 nitrogen and oxygen atoms in total. The van der Waals surface area contributed by atoms with Gasteiger partial charge in [-0.05, 0) is 25.7 Å². The highest BCUT2D eigenvalue weighted by Crippen LogP contribution is 2.31. The molecular weight excluding hydrogens is 214 g/mol. The molecule has 0 radical (unpaired) electrons. The number of hydrogen-bond donors (Lipinski definition) is 1. The molecule has 0 atom stereocenters. The first-order valence-corrected chi connectivity index (χ1v) is 6.88. The van der Waals surface area contributed by atoms with Crippen molar-refractivity contribution in [1.82, 2.24) is 4.90 Å². The van der Waals surface area contributed by atoms with E-state index in [0.29, 0.717) is 11.9 Å². The average molecular weight is 241 g/mol. The normalized spacial score (nSPS) is 16.0. The van der Waals surface area contributed by atoms with Gasteiger partial charge in [-0.15, -0.1) is 0 Å². The summed E-state index contributed by atoms with van der Waals surface area (Å²) in [7, 11) is 0. The van der Waals surface area contributed by atoms with Crippen molar-refractivity contribution in [2.75, 3.05) is 13.2 Å². The van der Waals surface area contributed by atoms with Crippen LogP contribution in [0.25, 0.3) is 0 Å². The number of rotatable bonds is 7. The molecule has 1 aliphatic carbocycles. The Labute approximate surface area is 105 Å². The van der Waals surface area contributed by atoms with Crippen molar-refractivity contribution in [3.05, 3.63) is 0 Å². The van der Waals surface area contributed by atoms with E-state index in [1.165, 1.54) is 12.8 Å². The molecule has 3 heteroatoms. The SMILES string of the molecule is CC(C)(C)C(=O)N(CCCCCCO)C1CC1. The lowest BCUT2D eigenvalue weighted by Gasteiger charge is -2.29. The Bertz CT molecular complexity index is 241. The number of nitrogens with zero attached hydrogens (tertiary/aromatic N) is 1. The number of hydrogen-bond acceptors (Lipinski definition) is 2. The summed E-state index contributed by atoms with van der Waals surface area (Å²) in [6, 6.07) is 0.513. The molecule has 1 fully saturated rings. The molecule has 0 bridgehead atoms. The van der Waals surface area contributed by atoms with Gasteiger partial charge in [-0.3, -0.25) is 4.79 Å². The van der Waals surface area contributed by atoms with Gasteiger partial charge in [-0.2, -0.15) is 0 Å². The Balaban J connectivity index is 2.32. The van der Waals surface area contributed by atoms with Crippen molar-refractivity contribution >= 4 is 5.91 Å². The molecule has 17 heavy (non-hydrogen) atoms. The molecule has 1 amide bonds. The molecule has 0 aromatic carbocycles. The predicted octanol–water partition coefficient (Wildman–Crippen LogP) is 2.58. The van der Waals surface area contributed by atoms with Crippen LogP contribution >= 0.6 is 0 Å². The summed E-state index contributed by atoms with van der Waals surface area (Å²) >= 11 is 0. The van der Waals surface area contributed by atoms with Crippen LogP contribution in [-0.4, -0.2) is 35.1 Å². The van der Waals surface area contributed by atoms with Gasteiger partial charge in [-0.1, -0.05) is 33.6 Å². The van der Waals surface area contributed by atoms with Gasteiger partial charge in [0.25, 0.3) is 0 Å². The molecule has 100 valence electrons. The van der Waals surface area contributed by atoms with Crippen LogP contribution in [0.1, 0.15) is 59.3 Å². The zero-order chi connectivity index (χ0) is 12.9. The fourth-order valence-electron chi connectivity index (χ4n) is 2.01. The summed E-state index contributed by atoms with van der Waals surface area (Å²) < 4.78 is 0. The van der Waals surface area contributed by atoms with Crippen molar-refractivity contribution in [3.8, 4) is 0 Å². The maximum absolute atomic E-state index is 12.3. The molecule has 0 unspecified atom stereocenters. The third kappa shape index (κ3) is 5.07. The number of aliphatic hydroxyl groups is 1. The standard InChI is InChI=1S/C14H27NO2/c1-14(2,3)13(17)15(12-8-9-12)10-6-4-5-7-11-16/h12,16H,4-11H2,1-3H3. The molecule has 0 saturated heterocycles. The highest BCUT2D eigenvalue weighted by Gasteiger charge is 2.36.